The molecule has 2 N–H and O–H groups in total. The predicted octanol–water partition coefficient (Wildman–Crippen LogP) is 1.50. The Hall–Kier alpha value is -1.67. The molecule has 1 amide bonds. The Kier molecular flexibility index (Phi) is 4.20. The maximum Gasteiger partial charge on any atom is 0.260 e. The van der Waals surface area contributed by atoms with E-state index in [-0.39, 0.29) is 5.57 Å². The van der Waals surface area contributed by atoms with Gasteiger partial charge in [0.1, 0.15) is 11.6 Å². The third-order valence-corrected chi connectivity index (χ3v) is 3.04. The lowest BCUT2D eigenvalue weighted by Crippen LogP contribution is -2.14. The summed E-state index contributed by atoms with van der Waals surface area (Å²) in [7, 11) is 1.86. The quantitative estimate of drug-likeness (QED) is 0.635. The molecule has 0 aliphatic carbocycles. The van der Waals surface area contributed by atoms with E-state index < -0.39 is 5.91 Å². The van der Waals surface area contributed by atoms with Crippen molar-refractivity contribution in [3.05, 3.63) is 29.6 Å². The molecule has 0 saturated heterocycles. The first-order valence-corrected chi connectivity index (χ1v) is 5.79. The number of thioether (sulfide) groups is 1. The molecule has 0 aliphatic heterocycles. The number of rotatable bonds is 4. The van der Waals surface area contributed by atoms with Gasteiger partial charge in [0.05, 0.1) is 10.6 Å². The van der Waals surface area contributed by atoms with E-state index in [2.05, 4.69) is 0 Å². The van der Waals surface area contributed by atoms with Gasteiger partial charge in [0.15, 0.2) is 0 Å². The van der Waals surface area contributed by atoms with E-state index in [4.69, 9.17) is 11.0 Å². The van der Waals surface area contributed by atoms with E-state index in [0.29, 0.717) is 4.91 Å². The first-order valence-electron chi connectivity index (χ1n) is 4.80. The second kappa shape index (κ2) is 5.42. The second-order valence-corrected chi connectivity index (χ2v) is 4.39. The van der Waals surface area contributed by atoms with Gasteiger partial charge in [0.25, 0.3) is 5.91 Å². The first kappa shape index (κ1) is 12.4. The minimum absolute atomic E-state index is 0.0219. The van der Waals surface area contributed by atoms with Crippen molar-refractivity contribution < 1.29 is 4.79 Å². The summed E-state index contributed by atoms with van der Waals surface area (Å²) >= 11 is 1.44. The third-order valence-electron chi connectivity index (χ3n) is 2.05. The molecule has 0 aromatic carbocycles. The molecule has 0 atom stereocenters. The summed E-state index contributed by atoms with van der Waals surface area (Å²) in [5.74, 6) is 0.0959. The zero-order valence-electron chi connectivity index (χ0n) is 9.23. The summed E-state index contributed by atoms with van der Waals surface area (Å²) in [5.41, 5.74) is 6.05. The Morgan fingerprint density at radius 1 is 1.69 bits per heavy atom. The Balaban J connectivity index is 3.34. The van der Waals surface area contributed by atoms with Crippen molar-refractivity contribution >= 4 is 22.6 Å². The number of nitrogens with two attached hydrogens (primary N) is 1. The second-order valence-electron chi connectivity index (χ2n) is 3.12. The number of carbonyl (C=O) groups excluding carboxylic acids is 1. The number of aromatic nitrogens is 1. The highest BCUT2D eigenvalue weighted by Crippen LogP contribution is 2.30. The van der Waals surface area contributed by atoms with Crippen molar-refractivity contribution in [1.29, 1.82) is 5.26 Å². The maximum atomic E-state index is 11.2. The molecule has 84 valence electrons. The van der Waals surface area contributed by atoms with Crippen LogP contribution in [-0.2, 0) is 11.8 Å². The Morgan fingerprint density at radius 3 is 2.75 bits per heavy atom. The van der Waals surface area contributed by atoms with Gasteiger partial charge in [-0.15, -0.1) is 11.8 Å². The van der Waals surface area contributed by atoms with Crippen molar-refractivity contribution in [1.82, 2.24) is 4.57 Å². The van der Waals surface area contributed by atoms with E-state index in [1.807, 2.05) is 42.9 Å². The van der Waals surface area contributed by atoms with Crippen LogP contribution in [0.2, 0.25) is 0 Å². The summed E-state index contributed by atoms with van der Waals surface area (Å²) < 4.78 is 1.86. The largest absolute Gasteiger partial charge is 0.365 e. The molecule has 1 aromatic heterocycles. The Morgan fingerprint density at radius 2 is 2.38 bits per heavy atom. The number of carbonyl (C=O) groups is 1. The zero-order valence-corrected chi connectivity index (χ0v) is 10.0. The highest BCUT2D eigenvalue weighted by Gasteiger charge is 2.16. The van der Waals surface area contributed by atoms with Crippen LogP contribution >= 0.6 is 11.8 Å². The molecule has 4 nitrogen and oxygen atoms in total. The van der Waals surface area contributed by atoms with Gasteiger partial charge in [-0.1, -0.05) is 6.92 Å². The predicted molar refractivity (Wildman–Crippen MR) is 65.3 cm³/mol. The minimum Gasteiger partial charge on any atom is -0.365 e. The van der Waals surface area contributed by atoms with E-state index >= 15 is 0 Å². The van der Waals surface area contributed by atoms with Gasteiger partial charge in [0, 0.05) is 13.2 Å². The molecule has 0 saturated carbocycles. The summed E-state index contributed by atoms with van der Waals surface area (Å²) in [6, 6.07) is 5.59. The third kappa shape index (κ3) is 2.47. The van der Waals surface area contributed by atoms with Crippen molar-refractivity contribution in [2.45, 2.75) is 6.92 Å². The van der Waals surface area contributed by atoms with Crippen LogP contribution < -0.4 is 5.73 Å². The van der Waals surface area contributed by atoms with Gasteiger partial charge in [-0.3, -0.25) is 4.79 Å². The van der Waals surface area contributed by atoms with Crippen LogP contribution in [0, 0.1) is 11.3 Å². The van der Waals surface area contributed by atoms with Crippen molar-refractivity contribution in [2.24, 2.45) is 12.8 Å². The molecular weight excluding hydrogens is 222 g/mol. The smallest absolute Gasteiger partial charge is 0.260 e. The summed E-state index contributed by atoms with van der Waals surface area (Å²) in [6.45, 7) is 1.96. The Labute approximate surface area is 98.7 Å². The molecule has 0 radical (unpaired) electrons. The van der Waals surface area contributed by atoms with Crippen LogP contribution in [0.15, 0.2) is 23.9 Å². The number of primary amides is 1. The monoisotopic (exact) mass is 235 g/mol. The average Bonchev–Trinajstić information content (AvgIpc) is 2.63. The molecule has 0 bridgehead atoms. The van der Waals surface area contributed by atoms with Crippen LogP contribution in [-0.4, -0.2) is 16.2 Å². The molecule has 1 aromatic rings. The minimum atomic E-state index is -0.681. The number of aryl methyl sites for hydroxylation is 1. The van der Waals surface area contributed by atoms with Crippen molar-refractivity contribution in [3.63, 3.8) is 0 Å². The Bertz CT molecular complexity index is 468. The number of hydrogen-bond acceptors (Lipinski definition) is 3. The summed E-state index contributed by atoms with van der Waals surface area (Å²) in [5, 5.41) is 8.95. The van der Waals surface area contributed by atoms with Gasteiger partial charge in [-0.05, 0) is 17.9 Å². The molecule has 1 heterocycles. The highest BCUT2D eigenvalue weighted by atomic mass is 32.2. The zero-order chi connectivity index (χ0) is 12.1. The van der Waals surface area contributed by atoms with Crippen molar-refractivity contribution in [2.75, 3.05) is 5.75 Å². The molecule has 0 spiro atoms. The summed E-state index contributed by atoms with van der Waals surface area (Å²) in [6.07, 6.45) is 1.86. The van der Waals surface area contributed by atoms with Gasteiger partial charge >= 0.3 is 0 Å². The van der Waals surface area contributed by atoms with Crippen LogP contribution in [0.4, 0.5) is 0 Å². The lowest BCUT2D eigenvalue weighted by Gasteiger charge is -2.08. The topological polar surface area (TPSA) is 71.8 Å². The molecule has 5 heteroatoms. The van der Waals surface area contributed by atoms with Crippen molar-refractivity contribution in [3.8, 4) is 6.07 Å². The number of amides is 1. The number of hydrogen-bond donors (Lipinski definition) is 1. The molecule has 0 unspecified atom stereocenters. The van der Waals surface area contributed by atoms with E-state index in [1.165, 1.54) is 11.8 Å². The number of nitriles is 1. The fourth-order valence-electron chi connectivity index (χ4n) is 1.33. The summed E-state index contributed by atoms with van der Waals surface area (Å²) in [4.78, 5) is 11.8. The molecule has 0 aliphatic rings. The lowest BCUT2D eigenvalue weighted by atomic mass is 10.2. The van der Waals surface area contributed by atoms with Gasteiger partial charge in [0.2, 0.25) is 0 Å². The first-order chi connectivity index (χ1) is 7.61. The van der Waals surface area contributed by atoms with Gasteiger partial charge in [-0.25, -0.2) is 0 Å². The van der Waals surface area contributed by atoms with Gasteiger partial charge < -0.3 is 10.3 Å². The average molecular weight is 235 g/mol. The fourth-order valence-corrected chi connectivity index (χ4v) is 2.27. The van der Waals surface area contributed by atoms with Gasteiger partial charge in [-0.2, -0.15) is 5.26 Å². The molecular formula is C11H13N3OS. The van der Waals surface area contributed by atoms with E-state index in [1.54, 1.807) is 0 Å². The van der Waals surface area contributed by atoms with E-state index in [0.717, 1.165) is 11.4 Å². The standard InChI is InChI=1S/C11H13N3OS/c1-3-16-10(8(7-12)11(13)15)9-5-4-6-14(9)2/h4-6H,3H2,1-2H3,(H2,13,15)/b10-8-. The maximum absolute atomic E-state index is 11.2. The van der Waals surface area contributed by atoms with Crippen LogP contribution in [0.1, 0.15) is 12.6 Å². The highest BCUT2D eigenvalue weighted by molar-refractivity contribution is 8.08. The fraction of sp³-hybridized carbons (Fsp3) is 0.273. The SMILES string of the molecule is CCS/C(=C(/C#N)C(N)=O)c1cccn1C. The molecule has 16 heavy (non-hydrogen) atoms. The molecule has 0 fully saturated rings. The molecule has 1 rings (SSSR count). The normalized spacial score (nSPS) is 11.8. The number of nitrogens with zero attached hydrogens (tertiary/aromatic N) is 2. The van der Waals surface area contributed by atoms with Crippen LogP contribution in [0.5, 0.6) is 0 Å². The van der Waals surface area contributed by atoms with E-state index in [9.17, 15) is 4.79 Å². The van der Waals surface area contributed by atoms with Crippen LogP contribution in [0.25, 0.3) is 4.91 Å². The van der Waals surface area contributed by atoms with Crippen LogP contribution in [0.3, 0.4) is 0 Å². The lowest BCUT2D eigenvalue weighted by molar-refractivity contribution is -0.114.